The number of aromatic nitrogens is 2. The summed E-state index contributed by atoms with van der Waals surface area (Å²) in [6, 6.07) is 8.63. The summed E-state index contributed by atoms with van der Waals surface area (Å²) < 4.78 is 1.87. The van der Waals surface area contributed by atoms with Crippen LogP contribution in [0.15, 0.2) is 29.2 Å². The third-order valence-corrected chi connectivity index (χ3v) is 4.86. The van der Waals surface area contributed by atoms with Gasteiger partial charge in [0.05, 0.1) is 11.7 Å². The fraction of sp³-hybridized carbons (Fsp3) is 0.308. The predicted molar refractivity (Wildman–Crippen MR) is 76.3 cm³/mol. The third-order valence-electron chi connectivity index (χ3n) is 3.27. The molecule has 0 radical (unpaired) electrons. The summed E-state index contributed by atoms with van der Waals surface area (Å²) >= 11 is 8.02. The number of nitrogen functional groups attached to an aromatic ring is 1. The lowest BCUT2D eigenvalue weighted by atomic mass is 10.0. The second-order valence-electron chi connectivity index (χ2n) is 4.42. The van der Waals surface area contributed by atoms with Crippen molar-refractivity contribution in [3.63, 3.8) is 0 Å². The molecule has 1 aliphatic heterocycles. The summed E-state index contributed by atoms with van der Waals surface area (Å²) in [6.07, 6.45) is 1.03. The lowest BCUT2D eigenvalue weighted by Crippen LogP contribution is -2.18. The first-order valence-electron chi connectivity index (χ1n) is 5.90. The van der Waals surface area contributed by atoms with Gasteiger partial charge in [0.25, 0.3) is 0 Å². The van der Waals surface area contributed by atoms with Crippen LogP contribution < -0.4 is 5.73 Å². The Kier molecular flexibility index (Phi) is 2.99. The van der Waals surface area contributed by atoms with Crippen molar-refractivity contribution in [1.29, 1.82) is 0 Å². The number of halogens is 1. The highest BCUT2D eigenvalue weighted by atomic mass is 35.5. The van der Waals surface area contributed by atoms with Gasteiger partial charge in [0.1, 0.15) is 10.8 Å². The molecular formula is C13H14ClN3S. The Morgan fingerprint density at radius 1 is 1.44 bits per heavy atom. The van der Waals surface area contributed by atoms with Gasteiger partial charge in [0.2, 0.25) is 0 Å². The number of aryl methyl sites for hydroxylation is 1. The van der Waals surface area contributed by atoms with Crippen LogP contribution in [0.4, 0.5) is 5.82 Å². The minimum atomic E-state index is 0.202. The second kappa shape index (κ2) is 4.52. The van der Waals surface area contributed by atoms with Crippen molar-refractivity contribution >= 4 is 29.2 Å². The fourth-order valence-electron chi connectivity index (χ4n) is 2.36. The molecule has 0 aliphatic carbocycles. The van der Waals surface area contributed by atoms with Gasteiger partial charge >= 0.3 is 0 Å². The largest absolute Gasteiger partial charge is 0.383 e. The highest BCUT2D eigenvalue weighted by molar-refractivity contribution is 7.99. The maximum Gasteiger partial charge on any atom is 0.141 e. The van der Waals surface area contributed by atoms with Gasteiger partial charge in [-0.3, -0.25) is 0 Å². The zero-order valence-corrected chi connectivity index (χ0v) is 11.6. The molecule has 3 rings (SSSR count). The van der Waals surface area contributed by atoms with E-state index in [4.69, 9.17) is 17.3 Å². The van der Waals surface area contributed by atoms with E-state index in [1.54, 1.807) is 0 Å². The first-order valence-corrected chi connectivity index (χ1v) is 7.26. The number of nitrogens with two attached hydrogens (primary N) is 1. The lowest BCUT2D eigenvalue weighted by Gasteiger charge is -2.26. The normalized spacial score (nSPS) is 18.7. The number of hydrogen-bond donors (Lipinski definition) is 1. The summed E-state index contributed by atoms with van der Waals surface area (Å²) in [5.74, 6) is 1.65. The maximum absolute atomic E-state index is 6.13. The average Bonchev–Trinajstić information content (AvgIpc) is 2.66. The molecular weight excluding hydrogens is 266 g/mol. The molecule has 5 heteroatoms. The highest BCUT2D eigenvalue weighted by Gasteiger charge is 2.25. The molecule has 1 atom stereocenters. The molecule has 1 aliphatic rings. The van der Waals surface area contributed by atoms with Crippen molar-refractivity contribution in [2.45, 2.75) is 24.3 Å². The maximum atomic E-state index is 6.13. The molecule has 94 valence electrons. The first-order chi connectivity index (χ1) is 8.68. The molecule has 0 saturated heterocycles. The Balaban J connectivity index is 2.11. The standard InChI is InChI=1S/C13H14ClN3S/c1-8-12(14)13(15)17(16-8)10-6-7-18-11-5-3-2-4-9(10)11/h2-5,10H,6-7,15H2,1H3. The first kappa shape index (κ1) is 11.9. The topological polar surface area (TPSA) is 43.8 Å². The summed E-state index contributed by atoms with van der Waals surface area (Å²) in [4.78, 5) is 1.32. The molecule has 0 spiro atoms. The van der Waals surface area contributed by atoms with E-state index in [-0.39, 0.29) is 6.04 Å². The summed E-state index contributed by atoms with van der Waals surface area (Å²) in [6.45, 7) is 1.89. The van der Waals surface area contributed by atoms with E-state index in [1.807, 2.05) is 23.4 Å². The zero-order chi connectivity index (χ0) is 12.7. The van der Waals surface area contributed by atoms with Crippen LogP contribution in [-0.4, -0.2) is 15.5 Å². The van der Waals surface area contributed by atoms with Crippen molar-refractivity contribution in [3.05, 3.63) is 40.5 Å². The van der Waals surface area contributed by atoms with E-state index in [1.165, 1.54) is 10.5 Å². The van der Waals surface area contributed by atoms with Gasteiger partial charge in [-0.05, 0) is 25.0 Å². The monoisotopic (exact) mass is 279 g/mol. The molecule has 3 nitrogen and oxygen atoms in total. The Morgan fingerprint density at radius 2 is 2.22 bits per heavy atom. The fourth-order valence-corrected chi connectivity index (χ4v) is 3.59. The van der Waals surface area contributed by atoms with Crippen LogP contribution in [0.2, 0.25) is 5.02 Å². The minimum Gasteiger partial charge on any atom is -0.383 e. The van der Waals surface area contributed by atoms with Gasteiger partial charge in [-0.25, -0.2) is 4.68 Å². The van der Waals surface area contributed by atoms with E-state index in [0.717, 1.165) is 17.9 Å². The van der Waals surface area contributed by atoms with Crippen LogP contribution in [0.3, 0.4) is 0 Å². The third kappa shape index (κ3) is 1.80. The number of fused-ring (bicyclic) bond motifs is 1. The number of thioether (sulfide) groups is 1. The number of nitrogens with zero attached hydrogens (tertiary/aromatic N) is 2. The molecule has 1 unspecified atom stereocenters. The summed E-state index contributed by atoms with van der Waals surface area (Å²) in [5, 5.41) is 5.06. The Morgan fingerprint density at radius 3 is 2.94 bits per heavy atom. The summed E-state index contributed by atoms with van der Waals surface area (Å²) in [5.41, 5.74) is 8.14. The number of hydrogen-bond acceptors (Lipinski definition) is 3. The Bertz CT molecular complexity index is 594. The quantitative estimate of drug-likeness (QED) is 0.869. The SMILES string of the molecule is Cc1nn(C2CCSc3ccccc32)c(N)c1Cl. The smallest absolute Gasteiger partial charge is 0.141 e. The van der Waals surface area contributed by atoms with Gasteiger partial charge in [0, 0.05) is 10.6 Å². The van der Waals surface area contributed by atoms with Crippen LogP contribution in [0.5, 0.6) is 0 Å². The van der Waals surface area contributed by atoms with E-state index in [9.17, 15) is 0 Å². The van der Waals surface area contributed by atoms with E-state index >= 15 is 0 Å². The van der Waals surface area contributed by atoms with Crippen LogP contribution >= 0.6 is 23.4 Å². The number of rotatable bonds is 1. The predicted octanol–water partition coefficient (Wildman–Crippen LogP) is 3.51. The average molecular weight is 280 g/mol. The highest BCUT2D eigenvalue weighted by Crippen LogP contribution is 2.40. The number of benzene rings is 1. The molecule has 18 heavy (non-hydrogen) atoms. The van der Waals surface area contributed by atoms with Gasteiger partial charge < -0.3 is 5.73 Å². The van der Waals surface area contributed by atoms with Gasteiger partial charge in [-0.2, -0.15) is 5.10 Å². The molecule has 2 aromatic rings. The molecule has 2 heterocycles. The van der Waals surface area contributed by atoms with E-state index in [2.05, 4.69) is 29.4 Å². The van der Waals surface area contributed by atoms with Gasteiger partial charge in [-0.15, -0.1) is 11.8 Å². The van der Waals surface area contributed by atoms with Crippen molar-refractivity contribution in [1.82, 2.24) is 9.78 Å². The molecule has 2 N–H and O–H groups in total. The zero-order valence-electron chi connectivity index (χ0n) is 10.1. The summed E-state index contributed by atoms with van der Waals surface area (Å²) in [7, 11) is 0. The molecule has 0 amide bonds. The van der Waals surface area contributed by atoms with Crippen LogP contribution in [0.25, 0.3) is 0 Å². The van der Waals surface area contributed by atoms with Crippen molar-refractivity contribution in [2.24, 2.45) is 0 Å². The second-order valence-corrected chi connectivity index (χ2v) is 5.93. The van der Waals surface area contributed by atoms with Crippen LogP contribution in [0.1, 0.15) is 23.7 Å². The molecule has 0 saturated carbocycles. The van der Waals surface area contributed by atoms with Crippen molar-refractivity contribution in [2.75, 3.05) is 11.5 Å². The number of anilines is 1. The van der Waals surface area contributed by atoms with Crippen molar-refractivity contribution < 1.29 is 0 Å². The van der Waals surface area contributed by atoms with Gasteiger partial charge in [-0.1, -0.05) is 29.8 Å². The molecule has 0 bridgehead atoms. The van der Waals surface area contributed by atoms with Crippen LogP contribution in [-0.2, 0) is 0 Å². The molecule has 1 aromatic carbocycles. The van der Waals surface area contributed by atoms with Crippen LogP contribution in [0, 0.1) is 6.92 Å². The molecule has 1 aromatic heterocycles. The molecule has 0 fully saturated rings. The van der Waals surface area contributed by atoms with E-state index in [0.29, 0.717) is 10.8 Å². The van der Waals surface area contributed by atoms with Gasteiger partial charge in [0.15, 0.2) is 0 Å². The minimum absolute atomic E-state index is 0.202. The Labute approximate surface area is 115 Å². The Hall–Kier alpha value is -1.13. The van der Waals surface area contributed by atoms with E-state index < -0.39 is 0 Å². The lowest BCUT2D eigenvalue weighted by molar-refractivity contribution is 0.504. The van der Waals surface area contributed by atoms with Crippen molar-refractivity contribution in [3.8, 4) is 0 Å².